The van der Waals surface area contributed by atoms with Crippen LogP contribution in [0.2, 0.25) is 0 Å². The number of carboxylic acids is 2. The summed E-state index contributed by atoms with van der Waals surface area (Å²) >= 11 is 0. The number of carbonyl (C=O) groups excluding carboxylic acids is 2. The number of carboxylic acid groups (broad SMARTS) is 2. The third-order valence-electron chi connectivity index (χ3n) is 5.17. The molecule has 0 aromatic heterocycles. The van der Waals surface area contributed by atoms with Gasteiger partial charge in [-0.15, -0.1) is 0 Å². The van der Waals surface area contributed by atoms with Gasteiger partial charge in [-0.3, -0.25) is 0 Å². The molecule has 6 unspecified atom stereocenters. The number of hydrogen-bond acceptors (Lipinski definition) is 4. The Morgan fingerprint density at radius 2 is 1.09 bits per heavy atom. The SMILES string of the molecule is CC1CC=CC(C(=O)[O-])C1C.CC1CC=CC(C(=O)[O-])C1C.[Zn+2]. The second-order valence-corrected chi connectivity index (χ2v) is 6.69. The Kier molecular flexibility index (Phi) is 9.61. The zero-order valence-corrected chi connectivity index (χ0v) is 17.5. The molecule has 2 aliphatic carbocycles. The van der Waals surface area contributed by atoms with Gasteiger partial charge in [0.1, 0.15) is 0 Å². The molecule has 0 bridgehead atoms. The molecule has 0 aromatic carbocycles. The van der Waals surface area contributed by atoms with Gasteiger partial charge in [-0.25, -0.2) is 0 Å². The first-order valence-electron chi connectivity index (χ1n) is 8.00. The van der Waals surface area contributed by atoms with Gasteiger partial charge in [0.25, 0.3) is 0 Å². The molecular formula is C18H26O4Zn. The normalized spacial score (nSPS) is 35.5. The van der Waals surface area contributed by atoms with Crippen molar-refractivity contribution in [3.63, 3.8) is 0 Å². The minimum Gasteiger partial charge on any atom is -0.550 e. The minimum atomic E-state index is -0.944. The van der Waals surface area contributed by atoms with Crippen molar-refractivity contribution in [2.24, 2.45) is 35.5 Å². The van der Waals surface area contributed by atoms with Crippen molar-refractivity contribution in [1.29, 1.82) is 0 Å². The summed E-state index contributed by atoms with van der Waals surface area (Å²) in [4.78, 5) is 21.1. The Morgan fingerprint density at radius 3 is 1.30 bits per heavy atom. The minimum absolute atomic E-state index is 0. The fraction of sp³-hybridized carbons (Fsp3) is 0.667. The summed E-state index contributed by atoms with van der Waals surface area (Å²) in [7, 11) is 0. The molecule has 0 radical (unpaired) electrons. The number of rotatable bonds is 2. The molecule has 0 N–H and O–H groups in total. The van der Waals surface area contributed by atoms with Crippen molar-refractivity contribution in [2.75, 3.05) is 0 Å². The molecule has 0 aromatic rings. The molecule has 4 nitrogen and oxygen atoms in total. The molecule has 6 atom stereocenters. The van der Waals surface area contributed by atoms with Gasteiger partial charge < -0.3 is 19.8 Å². The monoisotopic (exact) mass is 370 g/mol. The number of aliphatic carboxylic acids is 2. The first kappa shape index (κ1) is 22.0. The van der Waals surface area contributed by atoms with Crippen LogP contribution < -0.4 is 10.2 Å². The number of carbonyl (C=O) groups is 2. The molecule has 5 heteroatoms. The quantitative estimate of drug-likeness (QED) is 0.539. The van der Waals surface area contributed by atoms with Crippen molar-refractivity contribution in [2.45, 2.75) is 40.5 Å². The van der Waals surface area contributed by atoms with E-state index in [9.17, 15) is 19.8 Å². The van der Waals surface area contributed by atoms with Crippen molar-refractivity contribution in [3.8, 4) is 0 Å². The molecule has 0 saturated heterocycles. The predicted molar refractivity (Wildman–Crippen MR) is 81.2 cm³/mol. The van der Waals surface area contributed by atoms with E-state index in [2.05, 4.69) is 13.8 Å². The smallest absolute Gasteiger partial charge is 0.550 e. The van der Waals surface area contributed by atoms with E-state index < -0.39 is 11.9 Å². The zero-order valence-electron chi connectivity index (χ0n) is 14.5. The molecule has 23 heavy (non-hydrogen) atoms. The molecule has 0 heterocycles. The van der Waals surface area contributed by atoms with E-state index in [1.165, 1.54) is 0 Å². The maximum Gasteiger partial charge on any atom is 2.00 e. The van der Waals surface area contributed by atoms with Crippen molar-refractivity contribution >= 4 is 11.9 Å². The van der Waals surface area contributed by atoms with E-state index in [1.807, 2.05) is 26.0 Å². The summed E-state index contributed by atoms with van der Waals surface area (Å²) in [5, 5.41) is 21.1. The molecule has 0 saturated carbocycles. The first-order chi connectivity index (χ1) is 10.3. The summed E-state index contributed by atoms with van der Waals surface area (Å²) in [6.45, 7) is 8.08. The van der Waals surface area contributed by atoms with Crippen LogP contribution >= 0.6 is 0 Å². The maximum absolute atomic E-state index is 10.5. The van der Waals surface area contributed by atoms with E-state index in [1.54, 1.807) is 12.2 Å². The molecule has 0 spiro atoms. The molecule has 0 aliphatic heterocycles. The van der Waals surface area contributed by atoms with Crippen LogP contribution in [0.4, 0.5) is 0 Å². The van der Waals surface area contributed by atoms with Crippen LogP contribution in [-0.4, -0.2) is 11.9 Å². The Balaban J connectivity index is 0.000000403. The first-order valence-corrected chi connectivity index (χ1v) is 8.00. The molecular weight excluding hydrogens is 346 g/mol. The Labute approximate surface area is 151 Å². The van der Waals surface area contributed by atoms with Crippen LogP contribution in [0.3, 0.4) is 0 Å². The van der Waals surface area contributed by atoms with Gasteiger partial charge in [0.15, 0.2) is 0 Å². The van der Waals surface area contributed by atoms with E-state index in [4.69, 9.17) is 0 Å². The standard InChI is InChI=1S/2C9H14O2.Zn/c2*1-6-4-3-5-8(7(6)2)9(10)11;/h2*3,5-8H,4H2,1-2H3,(H,10,11);/q;;+2/p-2. The summed E-state index contributed by atoms with van der Waals surface area (Å²) in [6, 6.07) is 0. The third-order valence-corrected chi connectivity index (χ3v) is 5.17. The van der Waals surface area contributed by atoms with E-state index in [0.717, 1.165) is 12.8 Å². The number of hydrogen-bond donors (Lipinski definition) is 0. The van der Waals surface area contributed by atoms with Gasteiger partial charge in [0, 0.05) is 23.8 Å². The fourth-order valence-electron chi connectivity index (χ4n) is 2.95. The molecule has 124 valence electrons. The predicted octanol–water partition coefficient (Wildman–Crippen LogP) is 1.17. The number of allylic oxidation sites excluding steroid dienone is 2. The van der Waals surface area contributed by atoms with Crippen molar-refractivity contribution < 1.29 is 39.3 Å². The van der Waals surface area contributed by atoms with Crippen molar-refractivity contribution in [1.82, 2.24) is 0 Å². The Morgan fingerprint density at radius 1 is 0.783 bits per heavy atom. The average Bonchev–Trinajstić information content (AvgIpc) is 2.45. The van der Waals surface area contributed by atoms with Gasteiger partial charge in [-0.2, -0.15) is 0 Å². The molecule has 2 rings (SSSR count). The molecule has 0 amide bonds. The van der Waals surface area contributed by atoms with Crippen LogP contribution in [0, 0.1) is 35.5 Å². The zero-order chi connectivity index (χ0) is 16.9. The van der Waals surface area contributed by atoms with E-state index in [-0.39, 0.29) is 43.1 Å². The van der Waals surface area contributed by atoms with Gasteiger partial charge in [-0.1, -0.05) is 52.0 Å². The van der Waals surface area contributed by atoms with Gasteiger partial charge in [-0.05, 0) is 36.5 Å². The Bertz CT molecular complexity index is 416. The molecule has 0 fully saturated rings. The van der Waals surface area contributed by atoms with E-state index >= 15 is 0 Å². The Hall–Kier alpha value is -0.957. The topological polar surface area (TPSA) is 80.3 Å². The summed E-state index contributed by atoms with van der Waals surface area (Å²) in [5.74, 6) is -1.29. The van der Waals surface area contributed by atoms with Gasteiger partial charge >= 0.3 is 19.5 Å². The van der Waals surface area contributed by atoms with Crippen LogP contribution in [0.1, 0.15) is 40.5 Å². The van der Waals surface area contributed by atoms with E-state index in [0.29, 0.717) is 11.8 Å². The summed E-state index contributed by atoms with van der Waals surface area (Å²) in [5.41, 5.74) is 0. The van der Waals surface area contributed by atoms with Crippen LogP contribution in [0.5, 0.6) is 0 Å². The third kappa shape index (κ3) is 6.21. The largest absolute Gasteiger partial charge is 2.00 e. The second kappa shape index (κ2) is 10.0. The molecule has 2 aliphatic rings. The fourth-order valence-corrected chi connectivity index (χ4v) is 2.95. The van der Waals surface area contributed by atoms with Gasteiger partial charge in [0.05, 0.1) is 0 Å². The van der Waals surface area contributed by atoms with Crippen molar-refractivity contribution in [3.05, 3.63) is 24.3 Å². The average molecular weight is 372 g/mol. The maximum atomic E-state index is 10.5. The summed E-state index contributed by atoms with van der Waals surface area (Å²) in [6.07, 6.45) is 9.35. The second-order valence-electron chi connectivity index (χ2n) is 6.69. The van der Waals surface area contributed by atoms with Crippen LogP contribution in [0.25, 0.3) is 0 Å². The van der Waals surface area contributed by atoms with Gasteiger partial charge in [0.2, 0.25) is 0 Å². The summed E-state index contributed by atoms with van der Waals surface area (Å²) < 4.78 is 0. The van der Waals surface area contributed by atoms with Crippen LogP contribution in [0.15, 0.2) is 24.3 Å². The van der Waals surface area contributed by atoms with Crippen LogP contribution in [-0.2, 0) is 29.1 Å².